The minimum Gasteiger partial charge on any atom is -0.448 e. The minimum absolute atomic E-state index is 0.219. The Hall–Kier alpha value is -3.52. The van der Waals surface area contributed by atoms with E-state index in [1.165, 1.54) is 18.7 Å². The Morgan fingerprint density at radius 3 is 2.97 bits per heavy atom. The zero-order chi connectivity index (χ0) is 23.0. The topological polar surface area (TPSA) is 97.9 Å². The van der Waals surface area contributed by atoms with Gasteiger partial charge in [0.25, 0.3) is 5.91 Å². The van der Waals surface area contributed by atoms with Crippen molar-refractivity contribution in [1.29, 1.82) is 0 Å². The van der Waals surface area contributed by atoms with Crippen molar-refractivity contribution in [2.75, 3.05) is 18.4 Å². The summed E-state index contributed by atoms with van der Waals surface area (Å²) in [6.07, 6.45) is 7.92. The van der Waals surface area contributed by atoms with Crippen LogP contribution in [0.25, 0.3) is 21.9 Å². The summed E-state index contributed by atoms with van der Waals surface area (Å²) in [6.45, 7) is -0.505. The fourth-order valence-corrected chi connectivity index (χ4v) is 3.69. The van der Waals surface area contributed by atoms with Crippen LogP contribution in [-0.4, -0.2) is 38.7 Å². The first-order chi connectivity index (χ1) is 15.9. The number of amides is 1. The lowest BCUT2D eigenvalue weighted by Gasteiger charge is -2.19. The molecule has 1 saturated heterocycles. The molecule has 3 aromatic heterocycles. The summed E-state index contributed by atoms with van der Waals surface area (Å²) in [5, 5.41) is 11.7. The molecule has 1 fully saturated rings. The van der Waals surface area contributed by atoms with E-state index in [-0.39, 0.29) is 17.5 Å². The standard InChI is InChI=1S/C22H22N6O2/c1-28-12-18(11-25-28)15-2-3-16-10-24-20(9-17(16)8-15)27-21(29)19-13-30-22(26-19)14-4-6-23-7-5-14/h2-3,8-14,23H,4-7H2,1H3,(H,24,27,29)/i1D3. The number of aromatic nitrogens is 4. The van der Waals surface area contributed by atoms with Gasteiger partial charge in [0.15, 0.2) is 11.6 Å². The van der Waals surface area contributed by atoms with Crippen LogP contribution in [0.15, 0.2) is 53.5 Å². The van der Waals surface area contributed by atoms with Crippen LogP contribution in [0, 0.1) is 0 Å². The zero-order valence-corrected chi connectivity index (χ0v) is 16.1. The summed E-state index contributed by atoms with van der Waals surface area (Å²) in [4.78, 5) is 21.4. The van der Waals surface area contributed by atoms with Crippen LogP contribution < -0.4 is 10.6 Å². The van der Waals surface area contributed by atoms with Gasteiger partial charge in [-0.2, -0.15) is 5.10 Å². The lowest BCUT2D eigenvalue weighted by molar-refractivity contribution is 0.102. The Morgan fingerprint density at radius 2 is 2.13 bits per heavy atom. The third kappa shape index (κ3) is 3.69. The maximum atomic E-state index is 12.7. The number of pyridine rings is 1. The molecule has 0 spiro atoms. The number of hydrogen-bond donors (Lipinski definition) is 2. The summed E-state index contributed by atoms with van der Waals surface area (Å²) in [5.74, 6) is 0.810. The molecule has 0 bridgehead atoms. The molecule has 5 rings (SSSR count). The second kappa shape index (κ2) is 7.72. The van der Waals surface area contributed by atoms with Gasteiger partial charge in [-0.3, -0.25) is 9.48 Å². The fraction of sp³-hybridized carbons (Fsp3) is 0.273. The zero-order valence-electron chi connectivity index (χ0n) is 19.1. The van der Waals surface area contributed by atoms with Gasteiger partial charge in [-0.05, 0) is 49.0 Å². The van der Waals surface area contributed by atoms with Crippen molar-refractivity contribution in [2.45, 2.75) is 18.8 Å². The molecule has 2 N–H and O–H groups in total. The average Bonchev–Trinajstić information content (AvgIpc) is 3.49. The maximum absolute atomic E-state index is 12.7. The molecule has 1 aliphatic rings. The van der Waals surface area contributed by atoms with Crippen molar-refractivity contribution in [3.8, 4) is 11.1 Å². The number of piperidine rings is 1. The van der Waals surface area contributed by atoms with E-state index >= 15 is 0 Å². The molecule has 1 aliphatic heterocycles. The van der Waals surface area contributed by atoms with Crippen molar-refractivity contribution in [2.24, 2.45) is 6.98 Å². The first-order valence-electron chi connectivity index (χ1n) is 11.3. The molecule has 30 heavy (non-hydrogen) atoms. The van der Waals surface area contributed by atoms with Gasteiger partial charge in [-0.1, -0.05) is 12.1 Å². The molecule has 0 saturated carbocycles. The van der Waals surface area contributed by atoms with Crippen LogP contribution in [0.3, 0.4) is 0 Å². The van der Waals surface area contributed by atoms with Gasteiger partial charge in [-0.15, -0.1) is 0 Å². The number of nitrogens with one attached hydrogen (secondary N) is 2. The highest BCUT2D eigenvalue weighted by atomic mass is 16.3. The van der Waals surface area contributed by atoms with E-state index in [4.69, 9.17) is 8.53 Å². The van der Waals surface area contributed by atoms with Crippen LogP contribution in [0.4, 0.5) is 5.82 Å². The number of anilines is 1. The van der Waals surface area contributed by atoms with Crippen LogP contribution in [0.1, 0.15) is 39.3 Å². The van der Waals surface area contributed by atoms with E-state index in [9.17, 15) is 4.79 Å². The Labute approximate surface area is 177 Å². The Balaban J connectivity index is 1.35. The van der Waals surface area contributed by atoms with Gasteiger partial charge in [0.05, 0.1) is 6.20 Å². The largest absolute Gasteiger partial charge is 0.448 e. The maximum Gasteiger partial charge on any atom is 0.278 e. The van der Waals surface area contributed by atoms with Gasteiger partial charge in [0.1, 0.15) is 12.1 Å². The van der Waals surface area contributed by atoms with E-state index in [1.54, 1.807) is 12.3 Å². The predicted molar refractivity (Wildman–Crippen MR) is 113 cm³/mol. The number of benzene rings is 1. The Bertz CT molecular complexity index is 1310. The third-order valence-electron chi connectivity index (χ3n) is 5.32. The van der Waals surface area contributed by atoms with E-state index in [0.717, 1.165) is 46.9 Å². The lowest BCUT2D eigenvalue weighted by Crippen LogP contribution is -2.26. The molecule has 0 radical (unpaired) electrons. The molecule has 0 atom stereocenters. The SMILES string of the molecule is [2H]C([2H])([2H])n1cc(-c2ccc3cnc(NC(=O)c4coc(C5CCNCC5)n4)cc3c2)cn1. The van der Waals surface area contributed by atoms with Crippen molar-refractivity contribution < 1.29 is 13.3 Å². The molecule has 8 nitrogen and oxygen atoms in total. The quantitative estimate of drug-likeness (QED) is 0.540. The number of oxazole rings is 1. The van der Waals surface area contributed by atoms with Gasteiger partial charge < -0.3 is 15.1 Å². The van der Waals surface area contributed by atoms with E-state index < -0.39 is 6.98 Å². The Morgan fingerprint density at radius 1 is 1.23 bits per heavy atom. The van der Waals surface area contributed by atoms with Crippen LogP contribution in [0.5, 0.6) is 0 Å². The van der Waals surface area contributed by atoms with Gasteiger partial charge in [0, 0.05) is 40.3 Å². The molecule has 8 heteroatoms. The highest BCUT2D eigenvalue weighted by Crippen LogP contribution is 2.26. The summed E-state index contributed by atoms with van der Waals surface area (Å²) < 4.78 is 28.9. The number of aryl methyl sites for hydroxylation is 1. The molecule has 4 heterocycles. The van der Waals surface area contributed by atoms with Crippen LogP contribution in [-0.2, 0) is 6.98 Å². The summed E-state index contributed by atoms with van der Waals surface area (Å²) in [6, 6.07) is 7.43. The second-order valence-electron chi connectivity index (χ2n) is 7.35. The number of rotatable bonds is 4. The molecule has 152 valence electrons. The molecule has 1 aromatic carbocycles. The second-order valence-corrected chi connectivity index (χ2v) is 7.35. The van der Waals surface area contributed by atoms with Gasteiger partial charge >= 0.3 is 0 Å². The third-order valence-corrected chi connectivity index (χ3v) is 5.32. The first kappa shape index (κ1) is 15.3. The highest BCUT2D eigenvalue weighted by Gasteiger charge is 2.22. The summed E-state index contributed by atoms with van der Waals surface area (Å²) >= 11 is 0. The smallest absolute Gasteiger partial charge is 0.278 e. The van der Waals surface area contributed by atoms with E-state index in [2.05, 4.69) is 25.7 Å². The number of nitrogens with zero attached hydrogens (tertiary/aromatic N) is 4. The first-order valence-corrected chi connectivity index (χ1v) is 9.80. The molecule has 4 aromatic rings. The van der Waals surface area contributed by atoms with Crippen molar-refractivity contribution in [3.63, 3.8) is 0 Å². The molecular formula is C22H22N6O2. The Kier molecular flexibility index (Phi) is 3.95. The molecule has 0 aliphatic carbocycles. The number of carbonyl (C=O) groups is 1. The number of hydrogen-bond acceptors (Lipinski definition) is 6. The lowest BCUT2D eigenvalue weighted by atomic mass is 9.98. The highest BCUT2D eigenvalue weighted by molar-refractivity contribution is 6.03. The molecule has 0 unspecified atom stereocenters. The van der Waals surface area contributed by atoms with Crippen molar-refractivity contribution in [3.05, 3.63) is 60.7 Å². The number of fused-ring (bicyclic) bond motifs is 1. The van der Waals surface area contributed by atoms with Crippen molar-refractivity contribution in [1.82, 2.24) is 25.1 Å². The van der Waals surface area contributed by atoms with Gasteiger partial charge in [0.2, 0.25) is 0 Å². The number of carbonyl (C=O) groups excluding carboxylic acids is 1. The predicted octanol–water partition coefficient (Wildman–Crippen LogP) is 3.34. The molecule has 1 amide bonds. The normalized spacial score (nSPS) is 16.7. The molecular weight excluding hydrogens is 380 g/mol. The average molecular weight is 405 g/mol. The van der Waals surface area contributed by atoms with E-state index in [1.807, 2.05) is 18.2 Å². The van der Waals surface area contributed by atoms with Gasteiger partial charge in [-0.25, -0.2) is 9.97 Å². The van der Waals surface area contributed by atoms with Crippen molar-refractivity contribution >= 4 is 22.5 Å². The summed E-state index contributed by atoms with van der Waals surface area (Å²) in [7, 11) is 0. The minimum atomic E-state index is -2.33. The van der Waals surface area contributed by atoms with Crippen LogP contribution >= 0.6 is 0 Å². The fourth-order valence-electron chi connectivity index (χ4n) is 3.69. The van der Waals surface area contributed by atoms with Crippen LogP contribution in [0.2, 0.25) is 0 Å². The van der Waals surface area contributed by atoms with E-state index in [0.29, 0.717) is 17.3 Å². The summed E-state index contributed by atoms with van der Waals surface area (Å²) in [5.41, 5.74) is 1.71. The monoisotopic (exact) mass is 405 g/mol.